The van der Waals surface area contributed by atoms with Crippen molar-refractivity contribution in [3.63, 3.8) is 0 Å². The van der Waals surface area contributed by atoms with Crippen molar-refractivity contribution in [3.8, 4) is 0 Å². The van der Waals surface area contributed by atoms with Crippen LogP contribution < -0.4 is 4.90 Å². The van der Waals surface area contributed by atoms with Crippen molar-refractivity contribution in [1.29, 1.82) is 0 Å². The molecule has 0 bridgehead atoms. The van der Waals surface area contributed by atoms with Gasteiger partial charge in [0.15, 0.2) is 0 Å². The average molecular weight is 361 g/mol. The number of ether oxygens (including phenoxy) is 1. The van der Waals surface area contributed by atoms with Crippen molar-refractivity contribution in [2.45, 2.75) is 52.4 Å². The molecule has 26 heavy (non-hydrogen) atoms. The number of carbonyl (C=O) groups excluding carboxylic acids is 1. The quantitative estimate of drug-likeness (QED) is 0.780. The summed E-state index contributed by atoms with van der Waals surface area (Å²) in [5.74, 6) is 2.18. The van der Waals surface area contributed by atoms with Crippen molar-refractivity contribution < 1.29 is 9.53 Å². The van der Waals surface area contributed by atoms with Gasteiger partial charge in [-0.15, -0.1) is 0 Å². The smallest absolute Gasteiger partial charge is 0.222 e. The van der Waals surface area contributed by atoms with Crippen molar-refractivity contribution in [2.24, 2.45) is 5.41 Å². The zero-order valence-corrected chi connectivity index (χ0v) is 16.5. The van der Waals surface area contributed by atoms with Crippen molar-refractivity contribution in [3.05, 3.63) is 17.6 Å². The average Bonchev–Trinajstić information content (AvgIpc) is 2.63. The van der Waals surface area contributed by atoms with Crippen LogP contribution in [0.25, 0.3) is 0 Å². The molecule has 0 aromatic carbocycles. The first kappa shape index (κ1) is 19.1. The normalized spacial score (nSPS) is 23.7. The summed E-state index contributed by atoms with van der Waals surface area (Å²) in [7, 11) is 1.69. The summed E-state index contributed by atoms with van der Waals surface area (Å²) in [5, 5.41) is 0. The molecule has 6 nitrogen and oxygen atoms in total. The molecule has 2 aliphatic heterocycles. The number of nitrogens with zero attached hydrogens (tertiary/aromatic N) is 4. The number of likely N-dealkylation sites (tertiary alicyclic amines) is 1. The molecule has 0 radical (unpaired) electrons. The van der Waals surface area contributed by atoms with Gasteiger partial charge < -0.3 is 14.5 Å². The molecule has 1 aromatic rings. The van der Waals surface area contributed by atoms with Gasteiger partial charge in [-0.25, -0.2) is 9.97 Å². The molecule has 2 saturated heterocycles. The van der Waals surface area contributed by atoms with Crippen LogP contribution >= 0.6 is 0 Å². The largest absolute Gasteiger partial charge is 0.383 e. The molecule has 1 aromatic heterocycles. The fourth-order valence-electron chi connectivity index (χ4n) is 4.40. The molecule has 2 fully saturated rings. The third-order valence-corrected chi connectivity index (χ3v) is 5.68. The van der Waals surface area contributed by atoms with Crippen LogP contribution in [0.4, 0.5) is 5.82 Å². The molecular formula is C20H32N4O2. The first-order valence-corrected chi connectivity index (χ1v) is 9.91. The van der Waals surface area contributed by atoms with Gasteiger partial charge in [-0.3, -0.25) is 4.79 Å². The number of aryl methyl sites for hydroxylation is 2. The Hall–Kier alpha value is -1.69. The molecule has 144 valence electrons. The number of rotatable bonds is 6. The minimum absolute atomic E-state index is 0.184. The molecule has 0 saturated carbocycles. The Morgan fingerprint density at radius 3 is 2.88 bits per heavy atom. The van der Waals surface area contributed by atoms with Crippen LogP contribution in [0, 0.1) is 12.3 Å². The lowest BCUT2D eigenvalue weighted by atomic mass is 9.73. The zero-order chi connectivity index (χ0) is 18.6. The van der Waals surface area contributed by atoms with Crippen LogP contribution in [0.5, 0.6) is 0 Å². The Morgan fingerprint density at radius 2 is 2.12 bits per heavy atom. The van der Waals surface area contributed by atoms with Crippen LogP contribution in [-0.4, -0.2) is 60.7 Å². The number of amides is 1. The van der Waals surface area contributed by atoms with Crippen LogP contribution in [0.3, 0.4) is 0 Å². The summed E-state index contributed by atoms with van der Waals surface area (Å²) < 4.78 is 5.19. The van der Waals surface area contributed by atoms with Crippen LogP contribution in [0.1, 0.15) is 50.5 Å². The molecule has 2 aliphatic rings. The first-order chi connectivity index (χ1) is 12.5. The third-order valence-electron chi connectivity index (χ3n) is 5.68. The van der Waals surface area contributed by atoms with E-state index in [1.165, 1.54) is 6.42 Å². The molecule has 1 spiro atoms. The lowest BCUT2D eigenvalue weighted by molar-refractivity contribution is -0.138. The van der Waals surface area contributed by atoms with Crippen LogP contribution in [-0.2, 0) is 16.0 Å². The van der Waals surface area contributed by atoms with E-state index in [0.717, 1.165) is 62.7 Å². The Morgan fingerprint density at radius 1 is 1.27 bits per heavy atom. The van der Waals surface area contributed by atoms with Gasteiger partial charge in [0.25, 0.3) is 0 Å². The number of methoxy groups -OCH3 is 1. The highest BCUT2D eigenvalue weighted by Gasteiger charge is 2.41. The van der Waals surface area contributed by atoms with Gasteiger partial charge in [0, 0.05) is 56.9 Å². The molecule has 0 unspecified atom stereocenters. The second-order valence-electron chi connectivity index (χ2n) is 7.85. The molecule has 1 amide bonds. The number of aromatic nitrogens is 2. The highest BCUT2D eigenvalue weighted by molar-refractivity contribution is 5.77. The van der Waals surface area contributed by atoms with E-state index in [0.29, 0.717) is 19.6 Å². The maximum atomic E-state index is 12.3. The van der Waals surface area contributed by atoms with Crippen molar-refractivity contribution in [2.75, 3.05) is 44.8 Å². The zero-order valence-electron chi connectivity index (χ0n) is 16.5. The number of carbonyl (C=O) groups is 1. The summed E-state index contributed by atoms with van der Waals surface area (Å²) in [5.41, 5.74) is 1.32. The maximum absolute atomic E-state index is 12.3. The van der Waals surface area contributed by atoms with Gasteiger partial charge in [0.1, 0.15) is 11.6 Å². The summed E-state index contributed by atoms with van der Waals surface area (Å²) in [4.78, 5) is 26.0. The number of anilines is 1. The lowest BCUT2D eigenvalue weighted by Crippen LogP contribution is -2.54. The predicted molar refractivity (Wildman–Crippen MR) is 102 cm³/mol. The van der Waals surface area contributed by atoms with Crippen LogP contribution in [0.2, 0.25) is 0 Å². The SMILES string of the molecule is CCCc1cc(N2CCC[C@@]3(CCC(=O)N(CCOC)C3)C2)nc(C)n1. The molecule has 0 N–H and O–H groups in total. The lowest BCUT2D eigenvalue weighted by Gasteiger charge is -2.48. The second-order valence-corrected chi connectivity index (χ2v) is 7.85. The highest BCUT2D eigenvalue weighted by atomic mass is 16.5. The molecular weight excluding hydrogens is 328 g/mol. The standard InChI is InChI=1S/C20H32N4O2/c1-4-6-17-13-18(22-16(2)21-17)23-10-5-8-20(14-23)9-7-19(25)24(15-20)11-12-26-3/h13H,4-12,14-15H2,1-3H3/t20-/m1/s1. The van der Waals surface area contributed by atoms with Gasteiger partial charge >= 0.3 is 0 Å². The van der Waals surface area contributed by atoms with Crippen molar-refractivity contribution in [1.82, 2.24) is 14.9 Å². The van der Waals surface area contributed by atoms with Gasteiger partial charge in [0.2, 0.25) is 5.91 Å². The summed E-state index contributed by atoms with van der Waals surface area (Å²) in [6.45, 7) is 8.33. The molecule has 0 aliphatic carbocycles. The van der Waals surface area contributed by atoms with E-state index in [1.54, 1.807) is 7.11 Å². The number of hydrogen-bond donors (Lipinski definition) is 0. The van der Waals surface area contributed by atoms with Crippen LogP contribution in [0.15, 0.2) is 6.07 Å². The van der Waals surface area contributed by atoms with E-state index in [2.05, 4.69) is 22.9 Å². The number of hydrogen-bond acceptors (Lipinski definition) is 5. The van der Waals surface area contributed by atoms with E-state index in [4.69, 9.17) is 9.72 Å². The van der Waals surface area contributed by atoms with E-state index in [1.807, 2.05) is 11.8 Å². The summed E-state index contributed by atoms with van der Waals surface area (Å²) in [6.07, 6.45) is 6.06. The highest BCUT2D eigenvalue weighted by Crippen LogP contribution is 2.39. The monoisotopic (exact) mass is 360 g/mol. The fourth-order valence-corrected chi connectivity index (χ4v) is 4.40. The van der Waals surface area contributed by atoms with E-state index >= 15 is 0 Å². The Labute approximate surface area is 156 Å². The second kappa shape index (κ2) is 8.33. The summed E-state index contributed by atoms with van der Waals surface area (Å²) in [6, 6.07) is 2.16. The Kier molecular flexibility index (Phi) is 6.12. The van der Waals surface area contributed by atoms with E-state index < -0.39 is 0 Å². The minimum atomic E-state index is 0.184. The van der Waals surface area contributed by atoms with E-state index in [-0.39, 0.29) is 11.3 Å². The maximum Gasteiger partial charge on any atom is 0.222 e. The fraction of sp³-hybridized carbons (Fsp3) is 0.750. The molecule has 6 heteroatoms. The predicted octanol–water partition coefficient (Wildman–Crippen LogP) is 2.59. The Bertz CT molecular complexity index is 636. The number of piperidine rings is 2. The Balaban J connectivity index is 1.75. The molecule has 3 heterocycles. The summed E-state index contributed by atoms with van der Waals surface area (Å²) >= 11 is 0. The molecule has 1 atom stereocenters. The molecule has 3 rings (SSSR count). The first-order valence-electron chi connectivity index (χ1n) is 9.91. The van der Waals surface area contributed by atoms with Crippen molar-refractivity contribution >= 4 is 11.7 Å². The van der Waals surface area contributed by atoms with Gasteiger partial charge in [-0.2, -0.15) is 0 Å². The topological polar surface area (TPSA) is 58.6 Å². The third kappa shape index (κ3) is 4.34. The van der Waals surface area contributed by atoms with E-state index in [9.17, 15) is 4.79 Å². The minimum Gasteiger partial charge on any atom is -0.383 e. The van der Waals surface area contributed by atoms with Gasteiger partial charge in [-0.1, -0.05) is 13.3 Å². The van der Waals surface area contributed by atoms with Gasteiger partial charge in [0.05, 0.1) is 6.61 Å². The van der Waals surface area contributed by atoms with Gasteiger partial charge in [-0.05, 0) is 32.6 Å².